The highest BCUT2D eigenvalue weighted by molar-refractivity contribution is 7.12. The van der Waals surface area contributed by atoms with E-state index >= 15 is 0 Å². The van der Waals surface area contributed by atoms with Crippen LogP contribution in [0, 0.1) is 19.7 Å². The molecule has 2 aromatic rings. The van der Waals surface area contributed by atoms with E-state index in [-0.39, 0.29) is 11.1 Å². The zero-order valence-corrected chi connectivity index (χ0v) is 13.9. The predicted molar refractivity (Wildman–Crippen MR) is 85.5 cm³/mol. The van der Waals surface area contributed by atoms with E-state index in [4.69, 9.17) is 23.2 Å². The van der Waals surface area contributed by atoms with E-state index in [1.165, 1.54) is 27.5 Å². The van der Waals surface area contributed by atoms with Gasteiger partial charge >= 0.3 is 0 Å². The van der Waals surface area contributed by atoms with E-state index in [9.17, 15) is 4.39 Å². The van der Waals surface area contributed by atoms with Crippen molar-refractivity contribution >= 4 is 34.5 Å². The molecule has 1 aromatic heterocycles. The first-order valence-electron chi connectivity index (χ1n) is 6.32. The summed E-state index contributed by atoms with van der Waals surface area (Å²) >= 11 is 13.6. The zero-order valence-electron chi connectivity index (χ0n) is 11.6. The lowest BCUT2D eigenvalue weighted by Gasteiger charge is -2.15. The second-order valence-corrected chi connectivity index (χ2v) is 7.00. The van der Waals surface area contributed by atoms with Crippen molar-refractivity contribution in [2.75, 3.05) is 0 Å². The standard InChI is InChI=1S/C15H16Cl2FNS/c1-8-4-11(20-10(8)3)7-19-9(2)12-5-15(18)14(17)6-13(12)16/h4-6,9,19H,7H2,1-3H3. The Morgan fingerprint density at radius 2 is 1.90 bits per heavy atom. The summed E-state index contributed by atoms with van der Waals surface area (Å²) in [5.41, 5.74) is 2.02. The summed E-state index contributed by atoms with van der Waals surface area (Å²) in [5, 5.41) is 3.89. The number of benzene rings is 1. The Morgan fingerprint density at radius 3 is 2.50 bits per heavy atom. The van der Waals surface area contributed by atoms with Crippen LogP contribution in [0.25, 0.3) is 0 Å². The lowest BCUT2D eigenvalue weighted by atomic mass is 10.1. The summed E-state index contributed by atoms with van der Waals surface area (Å²) in [6.07, 6.45) is 0. The van der Waals surface area contributed by atoms with Gasteiger partial charge in [0.05, 0.1) is 5.02 Å². The van der Waals surface area contributed by atoms with Gasteiger partial charge in [-0.25, -0.2) is 4.39 Å². The van der Waals surface area contributed by atoms with Crippen LogP contribution < -0.4 is 5.32 Å². The number of hydrogen-bond donors (Lipinski definition) is 1. The first-order valence-corrected chi connectivity index (χ1v) is 7.89. The molecule has 0 saturated heterocycles. The zero-order chi connectivity index (χ0) is 14.9. The molecule has 2 rings (SSSR count). The molecule has 1 nitrogen and oxygen atoms in total. The van der Waals surface area contributed by atoms with Crippen LogP contribution in [0.4, 0.5) is 4.39 Å². The van der Waals surface area contributed by atoms with Crippen LogP contribution >= 0.6 is 34.5 Å². The van der Waals surface area contributed by atoms with Gasteiger partial charge in [-0.1, -0.05) is 23.2 Å². The molecule has 0 amide bonds. The Hall–Kier alpha value is -0.610. The van der Waals surface area contributed by atoms with Gasteiger partial charge < -0.3 is 5.32 Å². The largest absolute Gasteiger partial charge is 0.305 e. The molecular weight excluding hydrogens is 316 g/mol. The van der Waals surface area contributed by atoms with Crippen molar-refractivity contribution in [2.24, 2.45) is 0 Å². The highest BCUT2D eigenvalue weighted by Gasteiger charge is 2.13. The van der Waals surface area contributed by atoms with Gasteiger partial charge in [-0.3, -0.25) is 0 Å². The van der Waals surface area contributed by atoms with E-state index in [0.29, 0.717) is 5.02 Å². The van der Waals surface area contributed by atoms with E-state index in [1.54, 1.807) is 11.3 Å². The molecule has 5 heteroatoms. The second kappa shape index (κ2) is 6.44. The fourth-order valence-electron chi connectivity index (χ4n) is 1.97. The van der Waals surface area contributed by atoms with Crippen LogP contribution in [-0.2, 0) is 6.54 Å². The first kappa shape index (κ1) is 15.8. The van der Waals surface area contributed by atoms with Crippen LogP contribution in [-0.4, -0.2) is 0 Å². The van der Waals surface area contributed by atoms with Gasteiger partial charge in [-0.2, -0.15) is 0 Å². The van der Waals surface area contributed by atoms with Gasteiger partial charge in [0.2, 0.25) is 0 Å². The maximum absolute atomic E-state index is 13.5. The van der Waals surface area contributed by atoms with Crippen molar-refractivity contribution in [2.45, 2.75) is 33.4 Å². The molecule has 1 heterocycles. The molecule has 0 fully saturated rings. The molecule has 0 radical (unpaired) electrons. The molecule has 1 N–H and O–H groups in total. The van der Waals surface area contributed by atoms with Gasteiger partial charge in [0, 0.05) is 27.4 Å². The summed E-state index contributed by atoms with van der Waals surface area (Å²) in [5.74, 6) is -0.442. The first-order chi connectivity index (χ1) is 9.38. The number of aryl methyl sites for hydroxylation is 2. The fourth-order valence-corrected chi connectivity index (χ4v) is 3.52. The van der Waals surface area contributed by atoms with Crippen LogP contribution in [0.15, 0.2) is 18.2 Å². The molecule has 0 bridgehead atoms. The number of rotatable bonds is 4. The molecule has 0 spiro atoms. The van der Waals surface area contributed by atoms with Crippen LogP contribution in [0.5, 0.6) is 0 Å². The summed E-state index contributed by atoms with van der Waals surface area (Å²) in [6.45, 7) is 6.91. The van der Waals surface area contributed by atoms with Gasteiger partial charge in [0.25, 0.3) is 0 Å². The summed E-state index contributed by atoms with van der Waals surface area (Å²) in [6, 6.07) is 4.97. The maximum atomic E-state index is 13.5. The average molecular weight is 332 g/mol. The predicted octanol–water partition coefficient (Wildman–Crippen LogP) is 5.66. The van der Waals surface area contributed by atoms with Crippen LogP contribution in [0.3, 0.4) is 0 Å². The highest BCUT2D eigenvalue weighted by atomic mass is 35.5. The van der Waals surface area contributed by atoms with E-state index in [0.717, 1.165) is 12.1 Å². The minimum Gasteiger partial charge on any atom is -0.305 e. The van der Waals surface area contributed by atoms with Crippen molar-refractivity contribution in [3.63, 3.8) is 0 Å². The lowest BCUT2D eigenvalue weighted by molar-refractivity contribution is 0.568. The molecule has 0 aliphatic heterocycles. The number of hydrogen-bond acceptors (Lipinski definition) is 2. The van der Waals surface area contributed by atoms with Crippen molar-refractivity contribution in [1.29, 1.82) is 0 Å². The van der Waals surface area contributed by atoms with Gasteiger partial charge in [0.1, 0.15) is 5.82 Å². The van der Waals surface area contributed by atoms with E-state index < -0.39 is 5.82 Å². The normalized spacial score (nSPS) is 12.7. The third kappa shape index (κ3) is 3.53. The van der Waals surface area contributed by atoms with Crippen LogP contribution in [0.2, 0.25) is 10.0 Å². The summed E-state index contributed by atoms with van der Waals surface area (Å²) in [7, 11) is 0. The van der Waals surface area contributed by atoms with Crippen molar-refractivity contribution in [3.8, 4) is 0 Å². The fraction of sp³-hybridized carbons (Fsp3) is 0.333. The lowest BCUT2D eigenvalue weighted by Crippen LogP contribution is -2.18. The number of nitrogens with one attached hydrogen (secondary N) is 1. The van der Waals surface area contributed by atoms with Gasteiger partial charge in [-0.05, 0) is 50.1 Å². The molecule has 0 saturated carbocycles. The monoisotopic (exact) mass is 331 g/mol. The van der Waals surface area contributed by atoms with E-state index in [1.807, 2.05) is 6.92 Å². The molecule has 1 aromatic carbocycles. The molecule has 0 aliphatic carbocycles. The Bertz CT molecular complexity index is 605. The molecule has 0 aliphatic rings. The second-order valence-electron chi connectivity index (χ2n) is 4.84. The van der Waals surface area contributed by atoms with Gasteiger partial charge in [-0.15, -0.1) is 11.3 Å². The van der Waals surface area contributed by atoms with Crippen molar-refractivity contribution in [3.05, 3.63) is 54.9 Å². The Labute approximate surface area is 132 Å². The van der Waals surface area contributed by atoms with Gasteiger partial charge in [0.15, 0.2) is 0 Å². The molecule has 1 atom stereocenters. The average Bonchev–Trinajstić information content (AvgIpc) is 2.70. The Morgan fingerprint density at radius 1 is 1.20 bits per heavy atom. The number of thiophene rings is 1. The summed E-state index contributed by atoms with van der Waals surface area (Å²) in [4.78, 5) is 2.59. The van der Waals surface area contributed by atoms with Crippen LogP contribution in [0.1, 0.15) is 33.8 Å². The topological polar surface area (TPSA) is 12.0 Å². The quantitative estimate of drug-likeness (QED) is 0.712. The Balaban J connectivity index is 2.08. The third-order valence-corrected chi connectivity index (χ3v) is 5.08. The van der Waals surface area contributed by atoms with E-state index in [2.05, 4.69) is 25.2 Å². The third-order valence-electron chi connectivity index (χ3n) is 3.31. The smallest absolute Gasteiger partial charge is 0.142 e. The molecule has 1 unspecified atom stereocenters. The van der Waals surface area contributed by atoms with Crippen molar-refractivity contribution in [1.82, 2.24) is 5.32 Å². The SMILES string of the molecule is Cc1cc(CNC(C)c2cc(F)c(Cl)cc2Cl)sc1C. The maximum Gasteiger partial charge on any atom is 0.142 e. The number of halogens is 3. The Kier molecular flexibility index (Phi) is 5.08. The molecular formula is C15H16Cl2FNS. The minimum absolute atomic E-state index is 0.0445. The van der Waals surface area contributed by atoms with Crippen molar-refractivity contribution < 1.29 is 4.39 Å². The molecule has 20 heavy (non-hydrogen) atoms. The summed E-state index contributed by atoms with van der Waals surface area (Å²) < 4.78 is 13.5. The minimum atomic E-state index is -0.442. The highest BCUT2D eigenvalue weighted by Crippen LogP contribution is 2.29. The molecule has 108 valence electrons.